The first-order valence-electron chi connectivity index (χ1n) is 11.7. The van der Waals surface area contributed by atoms with Gasteiger partial charge in [-0.1, -0.05) is 24.3 Å². The first kappa shape index (κ1) is 21.5. The second kappa shape index (κ2) is 9.23. The average Bonchev–Trinajstić information content (AvgIpc) is 3.49. The van der Waals surface area contributed by atoms with E-state index in [0.29, 0.717) is 44.1 Å². The van der Waals surface area contributed by atoms with Crippen molar-refractivity contribution in [2.75, 3.05) is 38.2 Å². The number of likely N-dealkylation sites (tertiary alicyclic amines) is 1. The lowest BCUT2D eigenvalue weighted by atomic mass is 10.1. The summed E-state index contributed by atoms with van der Waals surface area (Å²) < 4.78 is 7.56. The van der Waals surface area contributed by atoms with Crippen LogP contribution < -0.4 is 5.32 Å². The minimum atomic E-state index is -0.200. The molecule has 0 saturated carbocycles. The van der Waals surface area contributed by atoms with Gasteiger partial charge in [-0.15, -0.1) is 0 Å². The molecule has 0 bridgehead atoms. The number of nitrogens with zero attached hydrogens (tertiary/aromatic N) is 4. The Balaban J connectivity index is 1.39. The molecular weight excluding hydrogens is 418 g/mol. The van der Waals surface area contributed by atoms with Gasteiger partial charge in [-0.25, -0.2) is 9.78 Å². The molecule has 33 heavy (non-hydrogen) atoms. The van der Waals surface area contributed by atoms with E-state index < -0.39 is 0 Å². The SMILES string of the molecule is CCn1c(C2CCCN2C(=O)Nc2ccccc2C(=O)N2CCOCC2)nc2ccccc21. The molecule has 172 valence electrons. The number of rotatable bonds is 4. The number of aromatic nitrogens is 2. The van der Waals surface area contributed by atoms with Crippen LogP contribution in [0.5, 0.6) is 0 Å². The molecule has 0 spiro atoms. The summed E-state index contributed by atoms with van der Waals surface area (Å²) in [6.45, 7) is 5.74. The molecule has 3 aromatic rings. The lowest BCUT2D eigenvalue weighted by molar-refractivity contribution is 0.0303. The topological polar surface area (TPSA) is 79.7 Å². The Morgan fingerprint density at radius 1 is 1.06 bits per heavy atom. The Labute approximate surface area is 193 Å². The summed E-state index contributed by atoms with van der Waals surface area (Å²) in [6, 6.07) is 15.0. The molecule has 1 N–H and O–H groups in total. The van der Waals surface area contributed by atoms with Gasteiger partial charge in [0.25, 0.3) is 5.91 Å². The number of carbonyl (C=O) groups excluding carboxylic acids is 2. The van der Waals surface area contributed by atoms with Gasteiger partial charge in [0.15, 0.2) is 0 Å². The van der Waals surface area contributed by atoms with E-state index in [1.54, 1.807) is 17.0 Å². The van der Waals surface area contributed by atoms with Crippen LogP contribution in [0.1, 0.15) is 42.0 Å². The van der Waals surface area contributed by atoms with Crippen LogP contribution >= 0.6 is 0 Å². The third-order valence-corrected chi connectivity index (χ3v) is 6.51. The molecule has 5 rings (SSSR count). The number of benzene rings is 2. The molecule has 1 atom stereocenters. The number of ether oxygens (including phenoxy) is 1. The van der Waals surface area contributed by atoms with E-state index in [0.717, 1.165) is 36.2 Å². The van der Waals surface area contributed by atoms with Crippen molar-refractivity contribution in [1.29, 1.82) is 0 Å². The molecule has 1 aromatic heterocycles. The van der Waals surface area contributed by atoms with Gasteiger partial charge >= 0.3 is 6.03 Å². The lowest BCUT2D eigenvalue weighted by Gasteiger charge is -2.28. The van der Waals surface area contributed by atoms with Crippen molar-refractivity contribution in [3.63, 3.8) is 0 Å². The Bertz CT molecular complexity index is 1170. The first-order chi connectivity index (χ1) is 16.2. The highest BCUT2D eigenvalue weighted by atomic mass is 16.5. The van der Waals surface area contributed by atoms with Crippen LogP contribution in [-0.2, 0) is 11.3 Å². The van der Waals surface area contributed by atoms with Gasteiger partial charge in [-0.2, -0.15) is 0 Å². The van der Waals surface area contributed by atoms with Crippen LogP contribution in [0.2, 0.25) is 0 Å². The third kappa shape index (κ3) is 4.06. The minimum absolute atomic E-state index is 0.0834. The number of morpholine rings is 1. The van der Waals surface area contributed by atoms with Crippen molar-refractivity contribution in [3.05, 3.63) is 59.9 Å². The quantitative estimate of drug-likeness (QED) is 0.658. The lowest BCUT2D eigenvalue weighted by Crippen LogP contribution is -2.41. The molecule has 8 heteroatoms. The number of carbonyl (C=O) groups is 2. The summed E-state index contributed by atoms with van der Waals surface area (Å²) in [5.74, 6) is 0.837. The number of aryl methyl sites for hydroxylation is 1. The van der Waals surface area contributed by atoms with Gasteiger partial charge in [-0.05, 0) is 44.0 Å². The number of hydrogen-bond donors (Lipinski definition) is 1. The van der Waals surface area contributed by atoms with Gasteiger partial charge in [0, 0.05) is 26.2 Å². The number of nitrogens with one attached hydrogen (secondary N) is 1. The van der Waals surface area contributed by atoms with Crippen molar-refractivity contribution < 1.29 is 14.3 Å². The monoisotopic (exact) mass is 447 g/mol. The number of imidazole rings is 1. The van der Waals surface area contributed by atoms with Gasteiger partial charge in [0.05, 0.1) is 41.5 Å². The second-order valence-electron chi connectivity index (χ2n) is 8.43. The molecule has 1 unspecified atom stereocenters. The minimum Gasteiger partial charge on any atom is -0.378 e. The van der Waals surface area contributed by atoms with Crippen LogP contribution in [0, 0.1) is 0 Å². The maximum absolute atomic E-state index is 13.4. The zero-order chi connectivity index (χ0) is 22.8. The van der Waals surface area contributed by atoms with E-state index in [-0.39, 0.29) is 18.0 Å². The molecule has 3 heterocycles. The maximum atomic E-state index is 13.4. The van der Waals surface area contributed by atoms with E-state index >= 15 is 0 Å². The van der Waals surface area contributed by atoms with Crippen LogP contribution in [0.4, 0.5) is 10.5 Å². The van der Waals surface area contributed by atoms with Gasteiger partial charge < -0.3 is 24.4 Å². The summed E-state index contributed by atoms with van der Waals surface area (Å²) in [7, 11) is 0. The predicted molar refractivity (Wildman–Crippen MR) is 126 cm³/mol. The summed E-state index contributed by atoms with van der Waals surface area (Å²) >= 11 is 0. The Hall–Kier alpha value is -3.39. The molecule has 0 radical (unpaired) electrons. The second-order valence-corrected chi connectivity index (χ2v) is 8.43. The van der Waals surface area contributed by atoms with E-state index in [1.807, 2.05) is 35.2 Å². The fraction of sp³-hybridized carbons (Fsp3) is 0.400. The molecule has 3 amide bonds. The van der Waals surface area contributed by atoms with Crippen LogP contribution in [0.25, 0.3) is 11.0 Å². The zero-order valence-corrected chi connectivity index (χ0v) is 18.9. The van der Waals surface area contributed by atoms with E-state index in [4.69, 9.17) is 9.72 Å². The standard InChI is InChI=1S/C25H29N5O3/c1-2-29-21-11-6-5-10-20(21)26-23(29)22-12-7-13-30(22)25(32)27-19-9-4-3-8-18(19)24(31)28-14-16-33-17-15-28/h3-6,8-11,22H,2,7,12-17H2,1H3,(H,27,32). The smallest absolute Gasteiger partial charge is 0.322 e. The summed E-state index contributed by atoms with van der Waals surface area (Å²) in [5, 5.41) is 3.01. The van der Waals surface area contributed by atoms with E-state index in [9.17, 15) is 9.59 Å². The van der Waals surface area contributed by atoms with Gasteiger partial charge in [-0.3, -0.25) is 4.79 Å². The molecule has 2 fully saturated rings. The number of para-hydroxylation sites is 3. The van der Waals surface area contributed by atoms with Crippen molar-refractivity contribution in [2.45, 2.75) is 32.4 Å². The van der Waals surface area contributed by atoms with Crippen LogP contribution in [0.15, 0.2) is 48.5 Å². The summed E-state index contributed by atoms with van der Waals surface area (Å²) in [6.07, 6.45) is 1.78. The molecule has 2 aromatic carbocycles. The highest BCUT2D eigenvalue weighted by molar-refractivity contribution is 6.03. The van der Waals surface area contributed by atoms with Crippen molar-refractivity contribution >= 4 is 28.7 Å². The highest BCUT2D eigenvalue weighted by Crippen LogP contribution is 2.34. The van der Waals surface area contributed by atoms with Crippen LogP contribution in [0.3, 0.4) is 0 Å². The van der Waals surface area contributed by atoms with Crippen molar-refractivity contribution in [1.82, 2.24) is 19.4 Å². The molecule has 2 aliphatic heterocycles. The van der Waals surface area contributed by atoms with Gasteiger partial charge in [0.1, 0.15) is 5.82 Å². The molecule has 8 nitrogen and oxygen atoms in total. The van der Waals surface area contributed by atoms with Crippen molar-refractivity contribution in [3.8, 4) is 0 Å². The number of hydrogen-bond acceptors (Lipinski definition) is 4. The summed E-state index contributed by atoms with van der Waals surface area (Å²) in [4.78, 5) is 35.0. The Morgan fingerprint density at radius 2 is 1.82 bits per heavy atom. The molecule has 0 aliphatic carbocycles. The fourth-order valence-corrected chi connectivity index (χ4v) is 4.86. The number of anilines is 1. The first-order valence-corrected chi connectivity index (χ1v) is 11.7. The zero-order valence-electron chi connectivity index (χ0n) is 18.9. The van der Waals surface area contributed by atoms with Crippen molar-refractivity contribution in [2.24, 2.45) is 0 Å². The van der Waals surface area contributed by atoms with Gasteiger partial charge in [0.2, 0.25) is 0 Å². The molecule has 2 aliphatic rings. The fourth-order valence-electron chi connectivity index (χ4n) is 4.86. The molecule has 2 saturated heterocycles. The van der Waals surface area contributed by atoms with Crippen LogP contribution in [-0.4, -0.2) is 64.1 Å². The highest BCUT2D eigenvalue weighted by Gasteiger charge is 2.34. The number of fused-ring (bicyclic) bond motifs is 1. The largest absolute Gasteiger partial charge is 0.378 e. The predicted octanol–water partition coefficient (Wildman–Crippen LogP) is 3.90. The maximum Gasteiger partial charge on any atom is 0.322 e. The van der Waals surface area contributed by atoms with E-state index in [1.165, 1.54) is 0 Å². The summed E-state index contributed by atoms with van der Waals surface area (Å²) in [5.41, 5.74) is 3.07. The number of amides is 3. The normalized spacial score (nSPS) is 18.6. The van der Waals surface area contributed by atoms with E-state index in [2.05, 4.69) is 22.9 Å². The molecular formula is C25H29N5O3. The average molecular weight is 448 g/mol. The third-order valence-electron chi connectivity index (χ3n) is 6.51. The Kier molecular flexibility index (Phi) is 6.00. The number of urea groups is 1. The Morgan fingerprint density at radius 3 is 2.64 bits per heavy atom.